The first-order valence-corrected chi connectivity index (χ1v) is 5.14. The molecular weight excluding hydrogens is 238 g/mol. The van der Waals surface area contributed by atoms with Crippen LogP contribution in [-0.2, 0) is 4.79 Å². The molecule has 0 saturated carbocycles. The molecule has 0 fully saturated rings. The van der Waals surface area contributed by atoms with Gasteiger partial charge in [0, 0.05) is 0 Å². The molecular formula is C11H15N3O4. The van der Waals surface area contributed by atoms with Gasteiger partial charge >= 0.3 is 0 Å². The van der Waals surface area contributed by atoms with Crippen LogP contribution in [0.15, 0.2) is 18.2 Å². The molecule has 2 amide bonds. The molecule has 7 nitrogen and oxygen atoms in total. The van der Waals surface area contributed by atoms with Crippen molar-refractivity contribution >= 4 is 11.8 Å². The minimum absolute atomic E-state index is 0.194. The zero-order valence-corrected chi connectivity index (χ0v) is 10.1. The van der Waals surface area contributed by atoms with Crippen LogP contribution < -0.4 is 26.1 Å². The number of rotatable bonds is 4. The van der Waals surface area contributed by atoms with Crippen molar-refractivity contribution in [2.24, 2.45) is 5.73 Å². The number of nitrogens with one attached hydrogen (secondary N) is 2. The third kappa shape index (κ3) is 3.11. The Morgan fingerprint density at radius 2 is 1.72 bits per heavy atom. The SMILES string of the molecule is COc1cccc(OC)c1C(=O)NNC(=O)CN. The van der Waals surface area contributed by atoms with Gasteiger partial charge in [0.15, 0.2) is 0 Å². The minimum Gasteiger partial charge on any atom is -0.496 e. The zero-order valence-electron chi connectivity index (χ0n) is 10.1. The van der Waals surface area contributed by atoms with Gasteiger partial charge in [-0.05, 0) is 12.1 Å². The fraction of sp³-hybridized carbons (Fsp3) is 0.273. The average molecular weight is 253 g/mol. The predicted octanol–water partition coefficient (Wildman–Crippen LogP) is -0.576. The lowest BCUT2D eigenvalue weighted by molar-refractivity contribution is -0.120. The van der Waals surface area contributed by atoms with E-state index in [4.69, 9.17) is 15.2 Å². The molecule has 1 rings (SSSR count). The van der Waals surface area contributed by atoms with Crippen LogP contribution in [0.3, 0.4) is 0 Å². The van der Waals surface area contributed by atoms with Crippen LogP contribution in [0.25, 0.3) is 0 Å². The Labute approximate surface area is 104 Å². The molecule has 7 heteroatoms. The van der Waals surface area contributed by atoms with Gasteiger partial charge in [-0.1, -0.05) is 6.07 Å². The van der Waals surface area contributed by atoms with Gasteiger partial charge < -0.3 is 15.2 Å². The van der Waals surface area contributed by atoms with Gasteiger partial charge in [-0.15, -0.1) is 0 Å². The number of hydrazine groups is 1. The van der Waals surface area contributed by atoms with Gasteiger partial charge in [0.2, 0.25) is 0 Å². The number of methoxy groups -OCH3 is 2. The Balaban J connectivity index is 2.93. The summed E-state index contributed by atoms with van der Waals surface area (Å²) < 4.78 is 10.1. The molecule has 98 valence electrons. The molecule has 0 aromatic heterocycles. The Bertz CT molecular complexity index is 426. The van der Waals surface area contributed by atoms with E-state index in [-0.39, 0.29) is 12.1 Å². The Kier molecular flexibility index (Phi) is 4.94. The third-order valence-electron chi connectivity index (χ3n) is 2.16. The van der Waals surface area contributed by atoms with Crippen molar-refractivity contribution in [3.8, 4) is 11.5 Å². The summed E-state index contributed by atoms with van der Waals surface area (Å²) in [7, 11) is 2.87. The molecule has 0 heterocycles. The standard InChI is InChI=1S/C11H15N3O4/c1-17-7-4-3-5-8(18-2)10(7)11(16)14-13-9(15)6-12/h3-5H,6,12H2,1-2H3,(H,13,15)(H,14,16). The zero-order chi connectivity index (χ0) is 13.5. The van der Waals surface area contributed by atoms with Gasteiger partial charge in [0.1, 0.15) is 17.1 Å². The summed E-state index contributed by atoms with van der Waals surface area (Å²) >= 11 is 0. The van der Waals surface area contributed by atoms with Crippen LogP contribution in [0.2, 0.25) is 0 Å². The number of hydrogen-bond donors (Lipinski definition) is 3. The quantitative estimate of drug-likeness (QED) is 0.623. The normalized spacial score (nSPS) is 9.50. The molecule has 0 spiro atoms. The lowest BCUT2D eigenvalue weighted by Gasteiger charge is -2.13. The van der Waals surface area contributed by atoms with E-state index in [1.165, 1.54) is 14.2 Å². The molecule has 1 aromatic rings. The van der Waals surface area contributed by atoms with Crippen molar-refractivity contribution in [1.29, 1.82) is 0 Å². The predicted molar refractivity (Wildman–Crippen MR) is 64.2 cm³/mol. The summed E-state index contributed by atoms with van der Waals surface area (Å²) in [5.41, 5.74) is 9.67. The lowest BCUT2D eigenvalue weighted by atomic mass is 10.1. The maximum absolute atomic E-state index is 11.9. The van der Waals surface area contributed by atoms with Crippen molar-refractivity contribution < 1.29 is 19.1 Å². The molecule has 4 N–H and O–H groups in total. The second-order valence-electron chi connectivity index (χ2n) is 3.24. The lowest BCUT2D eigenvalue weighted by Crippen LogP contribution is -2.44. The Morgan fingerprint density at radius 3 is 2.17 bits per heavy atom. The molecule has 0 bridgehead atoms. The summed E-state index contributed by atoms with van der Waals surface area (Å²) in [5, 5.41) is 0. The average Bonchev–Trinajstić information content (AvgIpc) is 2.43. The fourth-order valence-corrected chi connectivity index (χ4v) is 1.32. The largest absolute Gasteiger partial charge is 0.496 e. The van der Waals surface area contributed by atoms with E-state index in [0.717, 1.165) is 0 Å². The maximum atomic E-state index is 11.9. The van der Waals surface area contributed by atoms with Crippen LogP contribution in [0, 0.1) is 0 Å². The van der Waals surface area contributed by atoms with Crippen LogP contribution in [0.1, 0.15) is 10.4 Å². The van der Waals surface area contributed by atoms with E-state index in [0.29, 0.717) is 11.5 Å². The number of carbonyl (C=O) groups excluding carboxylic acids is 2. The highest BCUT2D eigenvalue weighted by molar-refractivity contribution is 6.00. The second-order valence-corrected chi connectivity index (χ2v) is 3.24. The van der Waals surface area contributed by atoms with Gasteiger partial charge in [-0.25, -0.2) is 0 Å². The van der Waals surface area contributed by atoms with Crippen molar-refractivity contribution in [3.05, 3.63) is 23.8 Å². The summed E-state index contributed by atoms with van der Waals surface area (Å²) in [4.78, 5) is 22.8. The Morgan fingerprint density at radius 1 is 1.17 bits per heavy atom. The molecule has 1 aromatic carbocycles. The van der Waals surface area contributed by atoms with Crippen molar-refractivity contribution in [2.45, 2.75) is 0 Å². The Hall–Kier alpha value is -2.28. The fourth-order valence-electron chi connectivity index (χ4n) is 1.32. The van der Waals surface area contributed by atoms with Gasteiger partial charge in [-0.2, -0.15) is 0 Å². The second kappa shape index (κ2) is 6.45. The van der Waals surface area contributed by atoms with Crippen molar-refractivity contribution in [1.82, 2.24) is 10.9 Å². The van der Waals surface area contributed by atoms with E-state index in [1.807, 2.05) is 0 Å². The minimum atomic E-state index is -0.550. The smallest absolute Gasteiger partial charge is 0.277 e. The van der Waals surface area contributed by atoms with Crippen LogP contribution in [0.5, 0.6) is 11.5 Å². The summed E-state index contributed by atoms with van der Waals surface area (Å²) in [6.07, 6.45) is 0. The first kappa shape index (κ1) is 13.8. The summed E-state index contributed by atoms with van der Waals surface area (Å²) in [6, 6.07) is 4.91. The molecule has 0 aliphatic rings. The van der Waals surface area contributed by atoms with Crippen LogP contribution in [-0.4, -0.2) is 32.6 Å². The topological polar surface area (TPSA) is 103 Å². The molecule has 0 atom stereocenters. The van der Waals surface area contributed by atoms with Gasteiger partial charge in [0.25, 0.3) is 11.8 Å². The van der Waals surface area contributed by atoms with E-state index < -0.39 is 11.8 Å². The molecule has 0 saturated heterocycles. The monoisotopic (exact) mass is 253 g/mol. The molecule has 0 radical (unpaired) electrons. The molecule has 0 aliphatic carbocycles. The summed E-state index contributed by atoms with van der Waals surface area (Å²) in [5.74, 6) is -0.369. The number of ether oxygens (including phenoxy) is 2. The van der Waals surface area contributed by atoms with E-state index in [1.54, 1.807) is 18.2 Å². The first-order valence-electron chi connectivity index (χ1n) is 5.14. The van der Waals surface area contributed by atoms with Crippen molar-refractivity contribution in [2.75, 3.05) is 20.8 Å². The maximum Gasteiger partial charge on any atom is 0.277 e. The third-order valence-corrected chi connectivity index (χ3v) is 2.16. The van der Waals surface area contributed by atoms with Gasteiger partial charge in [0.05, 0.1) is 20.8 Å². The van der Waals surface area contributed by atoms with E-state index >= 15 is 0 Å². The highest BCUT2D eigenvalue weighted by Crippen LogP contribution is 2.27. The first-order chi connectivity index (χ1) is 8.63. The van der Waals surface area contributed by atoms with Crippen LogP contribution in [0.4, 0.5) is 0 Å². The molecule has 0 unspecified atom stereocenters. The van der Waals surface area contributed by atoms with Crippen molar-refractivity contribution in [3.63, 3.8) is 0 Å². The highest BCUT2D eigenvalue weighted by atomic mass is 16.5. The number of nitrogens with two attached hydrogens (primary N) is 1. The van der Waals surface area contributed by atoms with Gasteiger partial charge in [-0.3, -0.25) is 20.4 Å². The summed E-state index contributed by atoms with van der Waals surface area (Å²) in [6.45, 7) is -0.219. The number of carbonyl (C=O) groups is 2. The van der Waals surface area contributed by atoms with E-state index in [9.17, 15) is 9.59 Å². The number of benzene rings is 1. The highest BCUT2D eigenvalue weighted by Gasteiger charge is 2.18. The number of hydrogen-bond acceptors (Lipinski definition) is 5. The van der Waals surface area contributed by atoms with Crippen LogP contribution >= 0.6 is 0 Å². The number of amides is 2. The molecule has 0 aliphatic heterocycles. The molecule has 18 heavy (non-hydrogen) atoms. The van der Waals surface area contributed by atoms with E-state index in [2.05, 4.69) is 10.9 Å².